The van der Waals surface area contributed by atoms with Gasteiger partial charge in [-0.3, -0.25) is 4.79 Å². The third kappa shape index (κ3) is 3.61. The Morgan fingerprint density at radius 2 is 1.74 bits per heavy atom. The maximum absolute atomic E-state index is 12.4. The zero-order valence-corrected chi connectivity index (χ0v) is 12.8. The second kappa shape index (κ2) is 6.83. The monoisotopic (exact) mass is 305 g/mol. The van der Waals surface area contributed by atoms with E-state index in [0.717, 1.165) is 17.0 Å². The van der Waals surface area contributed by atoms with E-state index < -0.39 is 0 Å². The van der Waals surface area contributed by atoms with Gasteiger partial charge in [-0.15, -0.1) is 0 Å². The number of methoxy groups -OCH3 is 1. The third-order valence-corrected chi connectivity index (χ3v) is 3.54. The highest BCUT2D eigenvalue weighted by Crippen LogP contribution is 2.14. The van der Waals surface area contributed by atoms with Crippen LogP contribution < -0.4 is 9.42 Å². The molecule has 0 aliphatic carbocycles. The molecule has 0 radical (unpaired) electrons. The van der Waals surface area contributed by atoms with Gasteiger partial charge in [-0.2, -0.15) is 0 Å². The summed E-state index contributed by atoms with van der Waals surface area (Å²) in [6.07, 6.45) is 1.80. The summed E-state index contributed by atoms with van der Waals surface area (Å²) in [5, 5.41) is 4.51. The predicted molar refractivity (Wildman–Crippen MR) is 87.2 cm³/mol. The van der Waals surface area contributed by atoms with Gasteiger partial charge in [0.2, 0.25) is 12.3 Å². The molecule has 0 N–H and O–H groups in total. The molecule has 3 rings (SSSR count). The molecule has 0 atom stereocenters. The van der Waals surface area contributed by atoms with Crippen molar-refractivity contribution in [2.45, 2.75) is 6.54 Å². The van der Waals surface area contributed by atoms with Crippen LogP contribution in [0.25, 0.3) is 11.3 Å². The fourth-order valence-corrected chi connectivity index (χ4v) is 2.30. The SMILES string of the molecule is COc1ccc(C(=O)C[n+]2cccc(-c3ccccc3)n2)cc1. The number of rotatable bonds is 5. The number of hydrogen-bond acceptors (Lipinski definition) is 3. The number of carbonyl (C=O) groups is 1. The van der Waals surface area contributed by atoms with E-state index in [1.807, 2.05) is 42.5 Å². The molecule has 0 saturated heterocycles. The largest absolute Gasteiger partial charge is 0.497 e. The van der Waals surface area contributed by atoms with Crippen LogP contribution in [0.3, 0.4) is 0 Å². The summed E-state index contributed by atoms with van der Waals surface area (Å²) in [6, 6.07) is 20.8. The molecule has 4 heteroatoms. The van der Waals surface area contributed by atoms with E-state index in [0.29, 0.717) is 5.56 Å². The number of hydrogen-bond donors (Lipinski definition) is 0. The Kier molecular flexibility index (Phi) is 4.43. The summed E-state index contributed by atoms with van der Waals surface area (Å²) in [4.78, 5) is 12.4. The zero-order chi connectivity index (χ0) is 16.1. The van der Waals surface area contributed by atoms with Crippen LogP contribution in [-0.2, 0) is 6.54 Å². The van der Waals surface area contributed by atoms with Gasteiger partial charge in [-0.05, 0) is 30.3 Å². The second-order valence-corrected chi connectivity index (χ2v) is 5.11. The molecule has 0 spiro atoms. The molecule has 0 fully saturated rings. The average molecular weight is 305 g/mol. The Bertz CT molecular complexity index is 799. The molecule has 114 valence electrons. The minimum absolute atomic E-state index is 0.00960. The highest BCUT2D eigenvalue weighted by molar-refractivity contribution is 5.95. The predicted octanol–water partition coefficient (Wildman–Crippen LogP) is 2.93. The van der Waals surface area contributed by atoms with Gasteiger partial charge in [-0.25, -0.2) is 0 Å². The van der Waals surface area contributed by atoms with Gasteiger partial charge in [0.1, 0.15) is 11.4 Å². The smallest absolute Gasteiger partial charge is 0.236 e. The molecule has 0 saturated carbocycles. The number of ketones is 1. The maximum Gasteiger partial charge on any atom is 0.236 e. The number of aromatic nitrogens is 2. The highest BCUT2D eigenvalue weighted by atomic mass is 16.5. The minimum atomic E-state index is 0.00960. The summed E-state index contributed by atoms with van der Waals surface area (Å²) >= 11 is 0. The lowest BCUT2D eigenvalue weighted by molar-refractivity contribution is -0.740. The van der Waals surface area contributed by atoms with Crippen LogP contribution in [0.15, 0.2) is 72.9 Å². The van der Waals surface area contributed by atoms with Crippen LogP contribution in [0.2, 0.25) is 0 Å². The molecule has 1 aromatic heterocycles. The van der Waals surface area contributed by atoms with Gasteiger partial charge >= 0.3 is 0 Å². The summed E-state index contributed by atoms with van der Waals surface area (Å²) < 4.78 is 6.76. The summed E-state index contributed by atoms with van der Waals surface area (Å²) in [5.74, 6) is 0.744. The molecule has 3 aromatic rings. The van der Waals surface area contributed by atoms with Gasteiger partial charge in [0, 0.05) is 22.3 Å². The van der Waals surface area contributed by atoms with Crippen molar-refractivity contribution < 1.29 is 14.2 Å². The van der Waals surface area contributed by atoms with Crippen molar-refractivity contribution in [2.24, 2.45) is 0 Å². The zero-order valence-electron chi connectivity index (χ0n) is 12.8. The number of Topliss-reactive ketones (excluding diaryl/α,β-unsaturated/α-hetero) is 1. The number of carbonyl (C=O) groups excluding carboxylic acids is 1. The molecule has 2 aromatic carbocycles. The topological polar surface area (TPSA) is 43.1 Å². The first-order valence-corrected chi connectivity index (χ1v) is 7.36. The lowest BCUT2D eigenvalue weighted by atomic mass is 10.1. The average Bonchev–Trinajstić information content (AvgIpc) is 2.63. The van der Waals surface area contributed by atoms with Crippen LogP contribution in [0.5, 0.6) is 5.75 Å². The summed E-state index contributed by atoms with van der Waals surface area (Å²) in [7, 11) is 1.60. The summed E-state index contributed by atoms with van der Waals surface area (Å²) in [5.41, 5.74) is 2.51. The van der Waals surface area contributed by atoms with Crippen LogP contribution >= 0.6 is 0 Å². The molecular formula is C19H17N2O2+. The van der Waals surface area contributed by atoms with E-state index >= 15 is 0 Å². The van der Waals surface area contributed by atoms with Crippen LogP contribution in [0.1, 0.15) is 10.4 Å². The van der Waals surface area contributed by atoms with Crippen molar-refractivity contribution in [1.82, 2.24) is 5.10 Å². The first-order chi connectivity index (χ1) is 11.3. The van der Waals surface area contributed by atoms with Crippen molar-refractivity contribution in [3.05, 3.63) is 78.5 Å². The normalized spacial score (nSPS) is 10.3. The Labute approximate surface area is 135 Å². The maximum atomic E-state index is 12.4. The van der Waals surface area contributed by atoms with Crippen LogP contribution in [-0.4, -0.2) is 18.0 Å². The molecule has 0 bridgehead atoms. The Balaban J connectivity index is 1.78. The fourth-order valence-electron chi connectivity index (χ4n) is 2.30. The van der Waals surface area contributed by atoms with E-state index in [9.17, 15) is 4.79 Å². The second-order valence-electron chi connectivity index (χ2n) is 5.11. The van der Waals surface area contributed by atoms with Gasteiger partial charge in [-0.1, -0.05) is 35.0 Å². The van der Waals surface area contributed by atoms with E-state index in [2.05, 4.69) is 5.10 Å². The molecular weight excluding hydrogens is 288 g/mol. The first-order valence-electron chi connectivity index (χ1n) is 7.36. The van der Waals surface area contributed by atoms with E-state index in [-0.39, 0.29) is 12.3 Å². The Morgan fingerprint density at radius 3 is 2.43 bits per heavy atom. The van der Waals surface area contributed by atoms with Crippen LogP contribution in [0, 0.1) is 0 Å². The number of nitrogens with zero attached hydrogens (tertiary/aromatic N) is 2. The van der Waals surface area contributed by atoms with Crippen molar-refractivity contribution in [2.75, 3.05) is 7.11 Å². The van der Waals surface area contributed by atoms with E-state index in [1.54, 1.807) is 42.3 Å². The standard InChI is InChI=1S/C19H17N2O2/c1-23-17-11-9-16(10-12-17)19(22)14-21-13-5-8-18(20-21)15-6-3-2-4-7-15/h2-13H,14H2,1H3/q+1. The lowest BCUT2D eigenvalue weighted by Gasteiger charge is -2.01. The fraction of sp³-hybridized carbons (Fsp3) is 0.105. The van der Waals surface area contributed by atoms with E-state index in [4.69, 9.17) is 4.74 Å². The minimum Gasteiger partial charge on any atom is -0.497 e. The van der Waals surface area contributed by atoms with Gasteiger partial charge in [0.15, 0.2) is 6.20 Å². The molecule has 23 heavy (non-hydrogen) atoms. The van der Waals surface area contributed by atoms with E-state index in [1.165, 1.54) is 0 Å². The Hall–Kier alpha value is -3.01. The summed E-state index contributed by atoms with van der Waals surface area (Å²) in [6.45, 7) is 0.201. The molecule has 0 unspecified atom stereocenters. The molecule has 1 heterocycles. The quantitative estimate of drug-likeness (QED) is 0.538. The Morgan fingerprint density at radius 1 is 1.00 bits per heavy atom. The van der Waals surface area contributed by atoms with Crippen molar-refractivity contribution >= 4 is 5.78 Å². The molecule has 4 nitrogen and oxygen atoms in total. The molecule has 0 aliphatic heterocycles. The van der Waals surface area contributed by atoms with Crippen LogP contribution in [0.4, 0.5) is 0 Å². The van der Waals surface area contributed by atoms with Crippen molar-refractivity contribution in [3.8, 4) is 17.0 Å². The number of benzene rings is 2. The van der Waals surface area contributed by atoms with Crippen molar-refractivity contribution in [1.29, 1.82) is 0 Å². The highest BCUT2D eigenvalue weighted by Gasteiger charge is 2.14. The van der Waals surface area contributed by atoms with Gasteiger partial charge < -0.3 is 4.74 Å². The molecule has 0 amide bonds. The first kappa shape index (κ1) is 14.9. The van der Waals surface area contributed by atoms with Gasteiger partial charge in [0.25, 0.3) is 0 Å². The lowest BCUT2D eigenvalue weighted by Crippen LogP contribution is -2.41. The van der Waals surface area contributed by atoms with Crippen molar-refractivity contribution in [3.63, 3.8) is 0 Å². The van der Waals surface area contributed by atoms with Gasteiger partial charge in [0.05, 0.1) is 7.11 Å². The third-order valence-electron chi connectivity index (χ3n) is 3.54. The number of ether oxygens (including phenoxy) is 1. The molecule has 0 aliphatic rings.